The molecule has 1 saturated heterocycles. The molecule has 1 aliphatic rings. The second-order valence-electron chi connectivity index (χ2n) is 7.13. The number of hydrogen-bond acceptors (Lipinski definition) is 2. The predicted octanol–water partition coefficient (Wildman–Crippen LogP) is 4.49. The van der Waals surface area contributed by atoms with E-state index in [0.29, 0.717) is 5.92 Å². The van der Waals surface area contributed by atoms with Crippen molar-refractivity contribution in [3.63, 3.8) is 0 Å². The summed E-state index contributed by atoms with van der Waals surface area (Å²) in [5.74, 6) is 0.667. The molecular weight excluding hydrogens is 296 g/mol. The standard InChI is InChI=1S/C21H34N2O/c1-2-3-6-11-19(14-17-23-15-9-5-10-16-23)18-22-21(24)20-12-7-4-8-13-20/h4,7-8,12-13,19H,2-3,5-6,9-11,14-18H2,1H3,(H,22,24). The Morgan fingerprint density at radius 3 is 2.54 bits per heavy atom. The minimum absolute atomic E-state index is 0.0639. The Kier molecular flexibility index (Phi) is 8.90. The van der Waals surface area contributed by atoms with Crippen LogP contribution in [0.25, 0.3) is 0 Å². The largest absolute Gasteiger partial charge is 0.352 e. The van der Waals surface area contributed by atoms with Gasteiger partial charge in [-0.15, -0.1) is 0 Å². The van der Waals surface area contributed by atoms with E-state index in [-0.39, 0.29) is 5.91 Å². The maximum absolute atomic E-state index is 12.3. The van der Waals surface area contributed by atoms with Crippen LogP contribution in [-0.4, -0.2) is 37.0 Å². The molecular formula is C21H34N2O. The summed E-state index contributed by atoms with van der Waals surface area (Å²) in [7, 11) is 0. The number of hydrogen-bond donors (Lipinski definition) is 1. The average Bonchev–Trinajstić information content (AvgIpc) is 2.65. The first-order valence-corrected chi connectivity index (χ1v) is 9.85. The van der Waals surface area contributed by atoms with E-state index in [2.05, 4.69) is 17.1 Å². The van der Waals surface area contributed by atoms with Gasteiger partial charge in [0.05, 0.1) is 0 Å². The van der Waals surface area contributed by atoms with Crippen LogP contribution in [0.15, 0.2) is 30.3 Å². The van der Waals surface area contributed by atoms with Crippen LogP contribution in [0.1, 0.15) is 68.6 Å². The molecule has 0 radical (unpaired) electrons. The summed E-state index contributed by atoms with van der Waals surface area (Å²) in [6.45, 7) is 6.78. The van der Waals surface area contributed by atoms with Crippen molar-refractivity contribution in [1.82, 2.24) is 10.2 Å². The van der Waals surface area contributed by atoms with Crippen molar-refractivity contribution in [1.29, 1.82) is 0 Å². The van der Waals surface area contributed by atoms with Gasteiger partial charge in [-0.2, -0.15) is 0 Å². The van der Waals surface area contributed by atoms with Crippen LogP contribution in [0, 0.1) is 5.92 Å². The fourth-order valence-corrected chi connectivity index (χ4v) is 3.51. The van der Waals surface area contributed by atoms with Crippen molar-refractivity contribution < 1.29 is 4.79 Å². The van der Waals surface area contributed by atoms with E-state index in [9.17, 15) is 4.79 Å². The maximum atomic E-state index is 12.3. The molecule has 1 N–H and O–H groups in total. The molecule has 3 nitrogen and oxygen atoms in total. The lowest BCUT2D eigenvalue weighted by atomic mass is 9.96. The summed E-state index contributed by atoms with van der Waals surface area (Å²) in [4.78, 5) is 14.9. The lowest BCUT2D eigenvalue weighted by molar-refractivity contribution is 0.0943. The molecule has 134 valence electrons. The monoisotopic (exact) mass is 330 g/mol. The number of likely N-dealkylation sites (tertiary alicyclic amines) is 1. The van der Waals surface area contributed by atoms with Gasteiger partial charge in [0.25, 0.3) is 5.91 Å². The summed E-state index contributed by atoms with van der Waals surface area (Å²) in [6, 6.07) is 9.56. The number of unbranched alkanes of at least 4 members (excludes halogenated alkanes) is 2. The fraction of sp³-hybridized carbons (Fsp3) is 0.667. The predicted molar refractivity (Wildman–Crippen MR) is 101 cm³/mol. The topological polar surface area (TPSA) is 32.3 Å². The zero-order valence-corrected chi connectivity index (χ0v) is 15.3. The molecule has 1 heterocycles. The molecule has 3 heteroatoms. The molecule has 0 saturated carbocycles. The normalized spacial score (nSPS) is 16.7. The van der Waals surface area contributed by atoms with E-state index < -0.39 is 0 Å². The molecule has 0 aliphatic carbocycles. The van der Waals surface area contributed by atoms with Gasteiger partial charge in [0, 0.05) is 12.1 Å². The van der Waals surface area contributed by atoms with Crippen molar-refractivity contribution >= 4 is 5.91 Å². The van der Waals surface area contributed by atoms with E-state index in [1.54, 1.807) is 0 Å². The molecule has 24 heavy (non-hydrogen) atoms. The Labute approximate surface area is 147 Å². The van der Waals surface area contributed by atoms with Crippen LogP contribution in [-0.2, 0) is 0 Å². The molecule has 0 bridgehead atoms. The van der Waals surface area contributed by atoms with Crippen LogP contribution in [0.4, 0.5) is 0 Å². The van der Waals surface area contributed by atoms with Crippen molar-refractivity contribution in [3.05, 3.63) is 35.9 Å². The van der Waals surface area contributed by atoms with E-state index >= 15 is 0 Å². The SMILES string of the molecule is CCCCCC(CCN1CCCCC1)CNC(=O)c1ccccc1. The van der Waals surface area contributed by atoms with E-state index in [4.69, 9.17) is 0 Å². The number of nitrogens with one attached hydrogen (secondary N) is 1. The van der Waals surface area contributed by atoms with Crippen LogP contribution >= 0.6 is 0 Å². The maximum Gasteiger partial charge on any atom is 0.251 e. The van der Waals surface area contributed by atoms with Crippen molar-refractivity contribution in [2.45, 2.75) is 58.3 Å². The molecule has 1 amide bonds. The quantitative estimate of drug-likeness (QED) is 0.641. The minimum atomic E-state index is 0.0639. The minimum Gasteiger partial charge on any atom is -0.352 e. The first-order valence-electron chi connectivity index (χ1n) is 9.85. The van der Waals surface area contributed by atoms with Crippen molar-refractivity contribution in [2.75, 3.05) is 26.2 Å². The number of piperidine rings is 1. The smallest absolute Gasteiger partial charge is 0.251 e. The summed E-state index contributed by atoms with van der Waals surface area (Å²) < 4.78 is 0. The van der Waals surface area contributed by atoms with Crippen molar-refractivity contribution in [2.24, 2.45) is 5.92 Å². The lowest BCUT2D eigenvalue weighted by Crippen LogP contribution is -2.34. The van der Waals surface area contributed by atoms with Crippen LogP contribution < -0.4 is 5.32 Å². The Morgan fingerprint density at radius 2 is 1.83 bits per heavy atom. The molecule has 1 aliphatic heterocycles. The zero-order chi connectivity index (χ0) is 17.0. The van der Waals surface area contributed by atoms with Gasteiger partial charge in [-0.25, -0.2) is 0 Å². The van der Waals surface area contributed by atoms with Gasteiger partial charge in [0.1, 0.15) is 0 Å². The summed E-state index contributed by atoms with van der Waals surface area (Å²) >= 11 is 0. The third kappa shape index (κ3) is 7.04. The molecule has 0 spiro atoms. The molecule has 1 atom stereocenters. The highest BCUT2D eigenvalue weighted by atomic mass is 16.1. The Morgan fingerprint density at radius 1 is 1.08 bits per heavy atom. The molecule has 1 fully saturated rings. The van der Waals surface area contributed by atoms with Crippen molar-refractivity contribution in [3.8, 4) is 0 Å². The van der Waals surface area contributed by atoms with Crippen LogP contribution in [0.5, 0.6) is 0 Å². The Balaban J connectivity index is 1.77. The lowest BCUT2D eigenvalue weighted by Gasteiger charge is -2.28. The average molecular weight is 331 g/mol. The molecule has 2 rings (SSSR count). The Bertz CT molecular complexity index is 454. The van der Waals surface area contributed by atoms with Gasteiger partial charge in [0.15, 0.2) is 0 Å². The van der Waals surface area contributed by atoms with Crippen LogP contribution in [0.2, 0.25) is 0 Å². The van der Waals surface area contributed by atoms with Gasteiger partial charge in [-0.05, 0) is 63.4 Å². The first-order chi connectivity index (χ1) is 11.8. The fourth-order valence-electron chi connectivity index (χ4n) is 3.51. The van der Waals surface area contributed by atoms with E-state index in [0.717, 1.165) is 12.1 Å². The number of rotatable bonds is 10. The molecule has 1 aromatic rings. The second-order valence-corrected chi connectivity index (χ2v) is 7.13. The summed E-state index contributed by atoms with van der Waals surface area (Å²) in [5.41, 5.74) is 0.765. The van der Waals surface area contributed by atoms with Gasteiger partial charge in [-0.3, -0.25) is 4.79 Å². The number of nitrogens with zero attached hydrogens (tertiary/aromatic N) is 1. The van der Waals surface area contributed by atoms with Gasteiger partial charge >= 0.3 is 0 Å². The van der Waals surface area contributed by atoms with Crippen LogP contribution in [0.3, 0.4) is 0 Å². The number of carbonyl (C=O) groups is 1. The number of carbonyl (C=O) groups excluding carboxylic acids is 1. The highest BCUT2D eigenvalue weighted by Gasteiger charge is 2.15. The van der Waals surface area contributed by atoms with Gasteiger partial charge < -0.3 is 10.2 Å². The molecule has 1 aromatic carbocycles. The summed E-state index contributed by atoms with van der Waals surface area (Å²) in [6.07, 6.45) is 10.4. The third-order valence-corrected chi connectivity index (χ3v) is 5.11. The first kappa shape index (κ1) is 19.0. The van der Waals surface area contributed by atoms with Gasteiger partial charge in [0.2, 0.25) is 0 Å². The highest BCUT2D eigenvalue weighted by Crippen LogP contribution is 2.16. The Hall–Kier alpha value is -1.35. The number of benzene rings is 1. The third-order valence-electron chi connectivity index (χ3n) is 5.11. The molecule has 1 unspecified atom stereocenters. The van der Waals surface area contributed by atoms with E-state index in [1.807, 2.05) is 30.3 Å². The van der Waals surface area contributed by atoms with Gasteiger partial charge in [-0.1, -0.05) is 50.8 Å². The second kappa shape index (κ2) is 11.2. The summed E-state index contributed by atoms with van der Waals surface area (Å²) in [5, 5.41) is 3.16. The molecule has 0 aromatic heterocycles. The highest BCUT2D eigenvalue weighted by molar-refractivity contribution is 5.94. The zero-order valence-electron chi connectivity index (χ0n) is 15.3. The van der Waals surface area contributed by atoms with E-state index in [1.165, 1.54) is 71.0 Å². The number of amides is 1.